The summed E-state index contributed by atoms with van der Waals surface area (Å²) in [6.45, 7) is 3.82. The number of hydrogen-bond donors (Lipinski definition) is 1. The van der Waals surface area contributed by atoms with Crippen LogP contribution in [0.4, 0.5) is 23.2 Å². The van der Waals surface area contributed by atoms with E-state index in [0.29, 0.717) is 12.1 Å². The molecule has 0 radical (unpaired) electrons. The summed E-state index contributed by atoms with van der Waals surface area (Å²) >= 11 is 0. The van der Waals surface area contributed by atoms with Crippen molar-refractivity contribution in [3.8, 4) is 0 Å². The number of anilines is 1. The number of amides is 1. The predicted molar refractivity (Wildman–Crippen MR) is 103 cm³/mol. The maximum atomic E-state index is 13.0. The Morgan fingerprint density at radius 3 is 2.34 bits per heavy atom. The van der Waals surface area contributed by atoms with E-state index in [0.717, 1.165) is 44.0 Å². The van der Waals surface area contributed by atoms with Crippen molar-refractivity contribution in [1.82, 2.24) is 10.2 Å². The van der Waals surface area contributed by atoms with E-state index in [1.54, 1.807) is 18.2 Å². The first-order chi connectivity index (χ1) is 13.8. The van der Waals surface area contributed by atoms with Gasteiger partial charge in [-0.15, -0.1) is 0 Å². The molecular weight excluding hydrogens is 386 g/mol. The van der Waals surface area contributed by atoms with Crippen LogP contribution in [0, 0.1) is 5.82 Å². The van der Waals surface area contributed by atoms with Crippen LogP contribution in [0.15, 0.2) is 48.5 Å². The third kappa shape index (κ3) is 6.19. The number of nitrogens with zero attached hydrogens (tertiary/aromatic N) is 2. The zero-order valence-electron chi connectivity index (χ0n) is 15.9. The summed E-state index contributed by atoms with van der Waals surface area (Å²) in [6.07, 6.45) is -4.11. The van der Waals surface area contributed by atoms with Gasteiger partial charge in [-0.3, -0.25) is 9.69 Å². The molecule has 156 valence electrons. The lowest BCUT2D eigenvalue weighted by Crippen LogP contribution is -2.47. The second-order valence-electron chi connectivity index (χ2n) is 7.03. The van der Waals surface area contributed by atoms with Crippen LogP contribution in [0.1, 0.15) is 17.5 Å². The maximum absolute atomic E-state index is 13.0. The maximum Gasteiger partial charge on any atom is 0.416 e. The minimum Gasteiger partial charge on any atom is -0.369 e. The Hall–Kier alpha value is -2.61. The molecule has 0 saturated carbocycles. The summed E-state index contributed by atoms with van der Waals surface area (Å²) in [4.78, 5) is 16.4. The Balaban J connectivity index is 1.39. The predicted octanol–water partition coefficient (Wildman–Crippen LogP) is 3.67. The van der Waals surface area contributed by atoms with Crippen molar-refractivity contribution in [3.63, 3.8) is 0 Å². The SMILES string of the molecule is O=C(CCN1CCN(c2ccc(F)cc2)CC1)NCc1cccc(C(F)(F)F)c1. The standard InChI is InChI=1S/C21H23F4N3O/c22-18-4-6-19(7-5-18)28-12-10-27(11-13-28)9-8-20(29)26-15-16-2-1-3-17(14-16)21(23,24)25/h1-7,14H,8-13,15H2,(H,26,29). The quantitative estimate of drug-likeness (QED) is 0.740. The normalized spacial score (nSPS) is 15.4. The van der Waals surface area contributed by atoms with Crippen LogP contribution in [-0.4, -0.2) is 43.5 Å². The Bertz CT molecular complexity index is 815. The van der Waals surface area contributed by atoms with Gasteiger partial charge in [0.25, 0.3) is 0 Å². The summed E-state index contributed by atoms with van der Waals surface area (Å²) in [5.41, 5.74) is 0.675. The number of piperazine rings is 1. The van der Waals surface area contributed by atoms with Gasteiger partial charge >= 0.3 is 6.18 Å². The molecule has 0 atom stereocenters. The van der Waals surface area contributed by atoms with Gasteiger partial charge in [-0.05, 0) is 42.0 Å². The third-order valence-electron chi connectivity index (χ3n) is 4.96. The molecule has 3 rings (SSSR count). The molecule has 2 aromatic rings. The van der Waals surface area contributed by atoms with E-state index in [1.807, 2.05) is 0 Å². The topological polar surface area (TPSA) is 35.6 Å². The molecular formula is C21H23F4N3O. The number of nitrogens with one attached hydrogen (secondary N) is 1. The average molecular weight is 409 g/mol. The molecule has 1 aliphatic heterocycles. The number of carbonyl (C=O) groups excluding carboxylic acids is 1. The Morgan fingerprint density at radius 2 is 1.69 bits per heavy atom. The first-order valence-corrected chi connectivity index (χ1v) is 9.47. The van der Waals surface area contributed by atoms with Crippen LogP contribution >= 0.6 is 0 Å². The number of halogens is 4. The summed E-state index contributed by atoms with van der Waals surface area (Å²) in [5.74, 6) is -0.452. The van der Waals surface area contributed by atoms with E-state index < -0.39 is 11.7 Å². The van der Waals surface area contributed by atoms with Crippen molar-refractivity contribution < 1.29 is 22.4 Å². The summed E-state index contributed by atoms with van der Waals surface area (Å²) in [7, 11) is 0. The summed E-state index contributed by atoms with van der Waals surface area (Å²) in [6, 6.07) is 11.4. The molecule has 0 bridgehead atoms. The largest absolute Gasteiger partial charge is 0.416 e. The number of carbonyl (C=O) groups is 1. The fraction of sp³-hybridized carbons (Fsp3) is 0.381. The molecule has 8 heteroatoms. The first-order valence-electron chi connectivity index (χ1n) is 9.47. The molecule has 1 N–H and O–H groups in total. The second kappa shape index (κ2) is 9.26. The van der Waals surface area contributed by atoms with Crippen molar-refractivity contribution in [1.29, 1.82) is 0 Å². The lowest BCUT2D eigenvalue weighted by molar-refractivity contribution is -0.137. The van der Waals surface area contributed by atoms with Crippen molar-refractivity contribution in [2.45, 2.75) is 19.1 Å². The van der Waals surface area contributed by atoms with Crippen LogP contribution in [-0.2, 0) is 17.5 Å². The fourth-order valence-corrected chi connectivity index (χ4v) is 3.29. The molecule has 0 spiro atoms. The molecule has 1 saturated heterocycles. The van der Waals surface area contributed by atoms with E-state index in [9.17, 15) is 22.4 Å². The van der Waals surface area contributed by atoms with E-state index in [1.165, 1.54) is 18.2 Å². The molecule has 1 aliphatic rings. The van der Waals surface area contributed by atoms with E-state index in [4.69, 9.17) is 0 Å². The van der Waals surface area contributed by atoms with Gasteiger partial charge in [0.2, 0.25) is 5.91 Å². The van der Waals surface area contributed by atoms with Crippen LogP contribution < -0.4 is 10.2 Å². The lowest BCUT2D eigenvalue weighted by atomic mass is 10.1. The van der Waals surface area contributed by atoms with Gasteiger partial charge in [0.1, 0.15) is 5.82 Å². The summed E-state index contributed by atoms with van der Waals surface area (Å²) in [5, 5.41) is 2.68. The van der Waals surface area contributed by atoms with Crippen molar-refractivity contribution in [2.24, 2.45) is 0 Å². The van der Waals surface area contributed by atoms with E-state index in [-0.39, 0.29) is 24.7 Å². The number of hydrogen-bond acceptors (Lipinski definition) is 3. The molecule has 1 fully saturated rings. The number of rotatable bonds is 6. The van der Waals surface area contributed by atoms with Crippen molar-refractivity contribution in [2.75, 3.05) is 37.6 Å². The fourth-order valence-electron chi connectivity index (χ4n) is 3.29. The van der Waals surface area contributed by atoms with Gasteiger partial charge in [-0.2, -0.15) is 13.2 Å². The summed E-state index contributed by atoms with van der Waals surface area (Å²) < 4.78 is 51.2. The van der Waals surface area contributed by atoms with Gasteiger partial charge in [0, 0.05) is 51.4 Å². The van der Waals surface area contributed by atoms with Crippen LogP contribution in [0.5, 0.6) is 0 Å². The smallest absolute Gasteiger partial charge is 0.369 e. The minimum absolute atomic E-state index is 0.0705. The highest BCUT2D eigenvalue weighted by atomic mass is 19.4. The highest BCUT2D eigenvalue weighted by molar-refractivity contribution is 5.76. The molecule has 4 nitrogen and oxygen atoms in total. The van der Waals surface area contributed by atoms with Gasteiger partial charge in [-0.1, -0.05) is 12.1 Å². The highest BCUT2D eigenvalue weighted by Gasteiger charge is 2.30. The van der Waals surface area contributed by atoms with Crippen molar-refractivity contribution in [3.05, 3.63) is 65.5 Å². The van der Waals surface area contributed by atoms with Crippen LogP contribution in [0.25, 0.3) is 0 Å². The Morgan fingerprint density at radius 1 is 1.00 bits per heavy atom. The van der Waals surface area contributed by atoms with Crippen LogP contribution in [0.3, 0.4) is 0 Å². The molecule has 1 amide bonds. The first kappa shape index (κ1) is 21.1. The van der Waals surface area contributed by atoms with Crippen molar-refractivity contribution >= 4 is 11.6 Å². The van der Waals surface area contributed by atoms with E-state index in [2.05, 4.69) is 15.1 Å². The van der Waals surface area contributed by atoms with Gasteiger partial charge in [0.15, 0.2) is 0 Å². The molecule has 1 heterocycles. The Labute approximate surface area is 167 Å². The number of benzene rings is 2. The molecule has 0 aliphatic carbocycles. The second-order valence-corrected chi connectivity index (χ2v) is 7.03. The highest BCUT2D eigenvalue weighted by Crippen LogP contribution is 2.29. The average Bonchev–Trinajstić information content (AvgIpc) is 2.71. The molecule has 0 aromatic heterocycles. The van der Waals surface area contributed by atoms with Gasteiger partial charge in [0.05, 0.1) is 5.56 Å². The Kier molecular flexibility index (Phi) is 6.74. The zero-order valence-corrected chi connectivity index (χ0v) is 15.9. The monoisotopic (exact) mass is 409 g/mol. The van der Waals surface area contributed by atoms with E-state index >= 15 is 0 Å². The van der Waals surface area contributed by atoms with Crippen LogP contribution in [0.2, 0.25) is 0 Å². The lowest BCUT2D eigenvalue weighted by Gasteiger charge is -2.36. The minimum atomic E-state index is -4.39. The zero-order chi connectivity index (χ0) is 20.9. The third-order valence-corrected chi connectivity index (χ3v) is 4.96. The van der Waals surface area contributed by atoms with Gasteiger partial charge in [-0.25, -0.2) is 4.39 Å². The molecule has 0 unspecified atom stereocenters. The van der Waals surface area contributed by atoms with Gasteiger partial charge < -0.3 is 10.2 Å². The molecule has 29 heavy (non-hydrogen) atoms. The molecule has 2 aromatic carbocycles. The number of alkyl halides is 3.